The van der Waals surface area contributed by atoms with Gasteiger partial charge in [-0.05, 0) is 50.2 Å². The molecule has 0 aliphatic heterocycles. The monoisotopic (exact) mass is 399 g/mol. The molecule has 0 spiro atoms. The highest BCUT2D eigenvalue weighted by atomic mass is 35.5. The van der Waals surface area contributed by atoms with Gasteiger partial charge in [0.2, 0.25) is 0 Å². The van der Waals surface area contributed by atoms with Crippen molar-refractivity contribution in [2.45, 2.75) is 26.8 Å². The van der Waals surface area contributed by atoms with Crippen LogP contribution in [0.25, 0.3) is 11.3 Å². The van der Waals surface area contributed by atoms with Crippen molar-refractivity contribution >= 4 is 18.1 Å². The summed E-state index contributed by atoms with van der Waals surface area (Å²) in [6, 6.07) is 12.4. The first-order chi connectivity index (χ1) is 13.1. The van der Waals surface area contributed by atoms with Gasteiger partial charge in [0.25, 0.3) is 0 Å². The lowest BCUT2D eigenvalue weighted by Gasteiger charge is -2.06. The van der Waals surface area contributed by atoms with Crippen LogP contribution in [0.3, 0.4) is 0 Å². The molecule has 146 valence electrons. The van der Waals surface area contributed by atoms with E-state index in [4.69, 9.17) is 0 Å². The molecule has 0 aliphatic rings. The van der Waals surface area contributed by atoms with Gasteiger partial charge in [-0.2, -0.15) is 5.10 Å². The number of nitrogens with zero attached hydrogens (tertiary/aromatic N) is 4. The fourth-order valence-corrected chi connectivity index (χ4v) is 3.30. The summed E-state index contributed by atoms with van der Waals surface area (Å²) in [6.07, 6.45) is 4.95. The molecule has 3 heterocycles. The largest absolute Gasteiger partial charge is 0.312 e. The molecule has 0 amide bonds. The molecular weight excluding hydrogens is 377 g/mol. The van der Waals surface area contributed by atoms with Gasteiger partial charge in [0.1, 0.15) is 11.5 Å². The number of aromatic nitrogens is 4. The SMILES string of the molecule is Cc1nn(-c2ccc(F)cc2)c(C)c1CNCCc1cn2ccccc2n1.Cl. The molecule has 0 saturated heterocycles. The van der Waals surface area contributed by atoms with Crippen LogP contribution in [0, 0.1) is 19.7 Å². The van der Waals surface area contributed by atoms with Crippen molar-refractivity contribution in [3.05, 3.63) is 83.3 Å². The van der Waals surface area contributed by atoms with Gasteiger partial charge in [0.05, 0.1) is 17.1 Å². The molecule has 7 heteroatoms. The predicted molar refractivity (Wildman–Crippen MR) is 111 cm³/mol. The summed E-state index contributed by atoms with van der Waals surface area (Å²) in [6.45, 7) is 5.63. The molecule has 1 aromatic carbocycles. The van der Waals surface area contributed by atoms with Crippen molar-refractivity contribution in [1.29, 1.82) is 0 Å². The average molecular weight is 400 g/mol. The molecule has 5 nitrogen and oxygen atoms in total. The highest BCUT2D eigenvalue weighted by molar-refractivity contribution is 5.85. The lowest BCUT2D eigenvalue weighted by molar-refractivity contribution is 0.627. The molecule has 4 rings (SSSR count). The van der Waals surface area contributed by atoms with E-state index in [-0.39, 0.29) is 18.2 Å². The Hall–Kier alpha value is -2.70. The van der Waals surface area contributed by atoms with Crippen molar-refractivity contribution in [2.24, 2.45) is 0 Å². The summed E-state index contributed by atoms with van der Waals surface area (Å²) in [5, 5.41) is 8.10. The third-order valence-electron chi connectivity index (χ3n) is 4.79. The molecule has 0 atom stereocenters. The first-order valence-corrected chi connectivity index (χ1v) is 9.06. The van der Waals surface area contributed by atoms with E-state index in [9.17, 15) is 4.39 Å². The maximum Gasteiger partial charge on any atom is 0.136 e. The Morgan fingerprint density at radius 2 is 1.86 bits per heavy atom. The lowest BCUT2D eigenvalue weighted by Crippen LogP contribution is -2.17. The zero-order chi connectivity index (χ0) is 18.8. The van der Waals surface area contributed by atoms with Crippen molar-refractivity contribution in [3.8, 4) is 5.69 Å². The first kappa shape index (κ1) is 20.0. The van der Waals surface area contributed by atoms with E-state index in [0.717, 1.165) is 47.9 Å². The number of pyridine rings is 1. The Labute approximate surface area is 169 Å². The highest BCUT2D eigenvalue weighted by Gasteiger charge is 2.12. The summed E-state index contributed by atoms with van der Waals surface area (Å²) in [7, 11) is 0. The van der Waals surface area contributed by atoms with Gasteiger partial charge in [0, 0.05) is 43.2 Å². The number of aryl methyl sites for hydroxylation is 1. The highest BCUT2D eigenvalue weighted by Crippen LogP contribution is 2.18. The van der Waals surface area contributed by atoms with Gasteiger partial charge in [-0.1, -0.05) is 6.07 Å². The summed E-state index contributed by atoms with van der Waals surface area (Å²) in [5.74, 6) is -0.242. The first-order valence-electron chi connectivity index (χ1n) is 9.06. The van der Waals surface area contributed by atoms with E-state index in [0.29, 0.717) is 0 Å². The second-order valence-corrected chi connectivity index (χ2v) is 6.66. The summed E-state index contributed by atoms with van der Waals surface area (Å²) >= 11 is 0. The molecule has 3 aromatic heterocycles. The van der Waals surface area contributed by atoms with Crippen LogP contribution in [-0.4, -0.2) is 25.7 Å². The standard InChI is InChI=1S/C21H22FN5.ClH/c1-15-20(16(2)27(25-15)19-8-6-17(22)7-9-19)13-23-11-10-18-14-26-12-4-3-5-21(26)24-18;/h3-9,12,14,23H,10-11,13H2,1-2H3;1H. The van der Waals surface area contributed by atoms with Gasteiger partial charge >= 0.3 is 0 Å². The van der Waals surface area contributed by atoms with E-state index in [1.165, 1.54) is 17.7 Å². The van der Waals surface area contributed by atoms with Crippen LogP contribution >= 0.6 is 12.4 Å². The molecule has 1 N–H and O–H groups in total. The minimum absolute atomic E-state index is 0. The van der Waals surface area contributed by atoms with Crippen LogP contribution < -0.4 is 5.32 Å². The molecule has 0 radical (unpaired) electrons. The van der Waals surface area contributed by atoms with Crippen LogP contribution in [0.15, 0.2) is 54.9 Å². The van der Waals surface area contributed by atoms with Crippen LogP contribution in [0.1, 0.15) is 22.6 Å². The van der Waals surface area contributed by atoms with Gasteiger partial charge in [-0.25, -0.2) is 14.1 Å². The van der Waals surface area contributed by atoms with Gasteiger partial charge in [-0.3, -0.25) is 0 Å². The second kappa shape index (κ2) is 8.54. The Kier molecular flexibility index (Phi) is 6.11. The summed E-state index contributed by atoms with van der Waals surface area (Å²) in [5.41, 5.74) is 6.14. The number of fused-ring (bicyclic) bond motifs is 1. The van der Waals surface area contributed by atoms with Crippen molar-refractivity contribution in [2.75, 3.05) is 6.54 Å². The Balaban J connectivity index is 0.00000225. The smallest absolute Gasteiger partial charge is 0.136 e. The second-order valence-electron chi connectivity index (χ2n) is 6.66. The molecule has 4 aromatic rings. The third-order valence-corrected chi connectivity index (χ3v) is 4.79. The predicted octanol–water partition coefficient (Wildman–Crippen LogP) is 4.03. The van der Waals surface area contributed by atoms with Crippen LogP contribution in [0.5, 0.6) is 0 Å². The fraction of sp³-hybridized carbons (Fsp3) is 0.238. The Bertz CT molecular complexity index is 1040. The number of nitrogens with one attached hydrogen (secondary N) is 1. The van der Waals surface area contributed by atoms with Gasteiger partial charge in [0.15, 0.2) is 0 Å². The zero-order valence-corrected chi connectivity index (χ0v) is 16.7. The summed E-state index contributed by atoms with van der Waals surface area (Å²) < 4.78 is 17.1. The van der Waals surface area contributed by atoms with Crippen LogP contribution in [-0.2, 0) is 13.0 Å². The maximum atomic E-state index is 13.2. The van der Waals surface area contributed by atoms with Gasteiger partial charge < -0.3 is 9.72 Å². The zero-order valence-electron chi connectivity index (χ0n) is 15.9. The Morgan fingerprint density at radius 1 is 1.07 bits per heavy atom. The van der Waals surface area contributed by atoms with Crippen molar-refractivity contribution in [1.82, 2.24) is 24.5 Å². The van der Waals surface area contributed by atoms with Crippen LogP contribution in [0.4, 0.5) is 4.39 Å². The van der Waals surface area contributed by atoms with Crippen LogP contribution in [0.2, 0.25) is 0 Å². The molecule has 0 saturated carbocycles. The maximum absolute atomic E-state index is 13.2. The fourth-order valence-electron chi connectivity index (χ4n) is 3.30. The number of benzene rings is 1. The van der Waals surface area contributed by atoms with Crippen molar-refractivity contribution in [3.63, 3.8) is 0 Å². The van der Waals surface area contributed by atoms with E-state index in [1.54, 1.807) is 12.1 Å². The number of hydrogen-bond acceptors (Lipinski definition) is 3. The quantitative estimate of drug-likeness (QED) is 0.498. The Morgan fingerprint density at radius 3 is 2.61 bits per heavy atom. The summed E-state index contributed by atoms with van der Waals surface area (Å²) in [4.78, 5) is 4.62. The average Bonchev–Trinajstić information content (AvgIpc) is 3.20. The van der Waals surface area contributed by atoms with E-state index >= 15 is 0 Å². The van der Waals surface area contributed by atoms with Crippen molar-refractivity contribution < 1.29 is 4.39 Å². The number of halogens is 2. The topological polar surface area (TPSA) is 47.2 Å². The molecule has 0 bridgehead atoms. The lowest BCUT2D eigenvalue weighted by atomic mass is 10.2. The van der Waals surface area contributed by atoms with E-state index < -0.39 is 0 Å². The molecule has 0 aliphatic carbocycles. The molecular formula is C21H23ClFN5. The number of imidazole rings is 1. The van der Waals surface area contributed by atoms with E-state index in [1.807, 2.05) is 47.3 Å². The normalized spacial score (nSPS) is 11.0. The minimum Gasteiger partial charge on any atom is -0.312 e. The van der Waals surface area contributed by atoms with E-state index in [2.05, 4.69) is 21.6 Å². The molecule has 0 unspecified atom stereocenters. The molecule has 0 fully saturated rings. The number of rotatable bonds is 6. The number of hydrogen-bond donors (Lipinski definition) is 1. The molecule has 28 heavy (non-hydrogen) atoms. The van der Waals surface area contributed by atoms with Gasteiger partial charge in [-0.15, -0.1) is 12.4 Å². The third kappa shape index (κ3) is 4.08. The minimum atomic E-state index is -0.242.